The van der Waals surface area contributed by atoms with Gasteiger partial charge in [0.15, 0.2) is 0 Å². The molecule has 7 heteroatoms. The van der Waals surface area contributed by atoms with Gasteiger partial charge in [0.1, 0.15) is 28.9 Å². The van der Waals surface area contributed by atoms with Crippen LogP contribution in [-0.4, -0.2) is 9.97 Å². The number of benzene rings is 5. The van der Waals surface area contributed by atoms with E-state index in [0.717, 1.165) is 33.5 Å². The van der Waals surface area contributed by atoms with E-state index >= 15 is 0 Å². The first kappa shape index (κ1) is 42.4. The van der Waals surface area contributed by atoms with Crippen LogP contribution in [0, 0.1) is 11.3 Å². The van der Waals surface area contributed by atoms with Crippen LogP contribution in [0.3, 0.4) is 0 Å². The molecule has 0 unspecified atom stereocenters. The van der Waals surface area contributed by atoms with Crippen molar-refractivity contribution in [3.8, 4) is 6.07 Å². The lowest BCUT2D eigenvalue weighted by atomic mass is 9.86. The van der Waals surface area contributed by atoms with Crippen LogP contribution in [0.1, 0.15) is 111 Å². The van der Waals surface area contributed by atoms with Crippen molar-refractivity contribution >= 4 is 78.5 Å². The van der Waals surface area contributed by atoms with Crippen molar-refractivity contribution in [2.24, 2.45) is 0 Å². The first-order chi connectivity index (χ1) is 30.2. The summed E-state index contributed by atoms with van der Waals surface area (Å²) in [4.78, 5) is 14.6. The van der Waals surface area contributed by atoms with Crippen LogP contribution in [-0.2, 0) is 21.7 Å². The third kappa shape index (κ3) is 7.66. The Morgan fingerprint density at radius 1 is 0.406 bits per heavy atom. The Morgan fingerprint density at radius 2 is 0.688 bits per heavy atom. The first-order valence-electron chi connectivity index (χ1n) is 22.2. The van der Waals surface area contributed by atoms with Gasteiger partial charge in [-0.1, -0.05) is 132 Å². The number of fused-ring (bicyclic) bond motifs is 6. The fourth-order valence-corrected chi connectivity index (χ4v) is 8.57. The Hall–Kier alpha value is -6.91. The van der Waals surface area contributed by atoms with Crippen molar-refractivity contribution in [3.05, 3.63) is 155 Å². The predicted molar refractivity (Wildman–Crippen MR) is 265 cm³/mol. The van der Waals surface area contributed by atoms with Gasteiger partial charge in [-0.15, -0.1) is 0 Å². The maximum absolute atomic E-state index is 10.9. The molecule has 0 spiro atoms. The number of hydrogen-bond donors (Lipinski definition) is 0. The van der Waals surface area contributed by atoms with Crippen molar-refractivity contribution in [3.63, 3.8) is 0 Å². The molecule has 64 heavy (non-hydrogen) atoms. The van der Waals surface area contributed by atoms with Gasteiger partial charge in [-0.2, -0.15) is 15.2 Å². The molecule has 9 aromatic rings. The monoisotopic (exact) mass is 843 g/mol. The van der Waals surface area contributed by atoms with E-state index in [1.54, 1.807) is 0 Å². The first-order valence-corrected chi connectivity index (χ1v) is 22.2. The third-order valence-corrected chi connectivity index (χ3v) is 12.4. The normalized spacial score (nSPS) is 12.7. The topological polar surface area (TPSA) is 82.3 Å². The number of pyridine rings is 2. The number of anilines is 6. The molecule has 4 aromatic heterocycles. The minimum Gasteiger partial charge on any atom is -0.437 e. The Labute approximate surface area is 377 Å². The maximum atomic E-state index is 10.9. The number of nitriles is 1. The van der Waals surface area contributed by atoms with Gasteiger partial charge in [-0.3, -0.25) is 9.80 Å². The van der Waals surface area contributed by atoms with Crippen molar-refractivity contribution in [2.45, 2.75) is 105 Å². The Morgan fingerprint density at radius 3 is 0.938 bits per heavy atom. The average molecular weight is 844 g/mol. The van der Waals surface area contributed by atoms with E-state index in [1.165, 1.54) is 22.3 Å². The van der Waals surface area contributed by atoms with Gasteiger partial charge < -0.3 is 8.83 Å². The van der Waals surface area contributed by atoms with Crippen molar-refractivity contribution in [1.29, 1.82) is 5.26 Å². The minimum atomic E-state index is 0.0165. The number of furan rings is 2. The van der Waals surface area contributed by atoms with Crippen LogP contribution in [0.15, 0.2) is 136 Å². The number of nitrogens with zero attached hydrogens (tertiary/aromatic N) is 5. The number of hydrogen-bond acceptors (Lipinski definition) is 7. The van der Waals surface area contributed by atoms with Crippen molar-refractivity contribution in [2.75, 3.05) is 9.80 Å². The molecule has 0 aliphatic heterocycles. The van der Waals surface area contributed by atoms with Crippen LogP contribution >= 0.6 is 0 Å². The van der Waals surface area contributed by atoms with Crippen LogP contribution in [0.5, 0.6) is 0 Å². The quantitative estimate of drug-likeness (QED) is 0.165. The molecule has 0 radical (unpaired) electrons. The summed E-state index contributed by atoms with van der Waals surface area (Å²) in [7, 11) is 0. The Balaban J connectivity index is 1.16. The highest BCUT2D eigenvalue weighted by Crippen LogP contribution is 2.44. The van der Waals surface area contributed by atoms with Gasteiger partial charge in [0.2, 0.25) is 11.4 Å². The fraction of sp³-hybridized carbons (Fsp3) is 0.281. The summed E-state index contributed by atoms with van der Waals surface area (Å²) in [5, 5.41) is 13.8. The molecule has 5 aromatic carbocycles. The van der Waals surface area contributed by atoms with E-state index in [1.807, 2.05) is 30.3 Å². The molecule has 7 nitrogen and oxygen atoms in total. The predicted octanol–water partition coefficient (Wildman–Crippen LogP) is 16.3. The summed E-state index contributed by atoms with van der Waals surface area (Å²) in [5.74, 6) is 1.40. The zero-order valence-electron chi connectivity index (χ0n) is 39.2. The molecule has 9 rings (SSSR count). The molecule has 0 bridgehead atoms. The highest BCUT2D eigenvalue weighted by atomic mass is 16.4. The van der Waals surface area contributed by atoms with Crippen LogP contribution < -0.4 is 9.80 Å². The second-order valence-electron chi connectivity index (χ2n) is 21.2. The van der Waals surface area contributed by atoms with E-state index in [0.29, 0.717) is 50.6 Å². The number of aromatic nitrogens is 2. The molecule has 0 aliphatic rings. The zero-order chi connectivity index (χ0) is 45.5. The van der Waals surface area contributed by atoms with Gasteiger partial charge in [-0.25, -0.2) is 0 Å². The van der Waals surface area contributed by atoms with Crippen LogP contribution in [0.4, 0.5) is 34.4 Å². The summed E-state index contributed by atoms with van der Waals surface area (Å²) in [6.07, 6.45) is 0. The Bertz CT molecular complexity index is 2900. The van der Waals surface area contributed by atoms with Gasteiger partial charge in [-0.05, 0) is 117 Å². The molecule has 0 fully saturated rings. The van der Waals surface area contributed by atoms with Gasteiger partial charge in [0, 0.05) is 50.4 Å². The molecule has 0 amide bonds. The molecule has 0 N–H and O–H groups in total. The smallest absolute Gasteiger partial charge is 0.229 e. The number of rotatable bonds is 6. The summed E-state index contributed by atoms with van der Waals surface area (Å²) < 4.78 is 13.1. The van der Waals surface area contributed by atoms with E-state index in [4.69, 9.17) is 18.8 Å². The minimum absolute atomic E-state index is 0.0165. The summed E-state index contributed by atoms with van der Waals surface area (Å²) in [5.41, 5.74) is 11.4. The molecule has 322 valence electrons. The standard InChI is InChI=1S/C57H57N5O2/c1-54(2,3)35-13-21-39(22-14-35)61(40-23-15-36(16-24-40)55(4,5)6)48-31-29-43-50-45(34-58)51-44-30-32-49(60-53(44)64-47(51)33-46(50)63-52(43)59-48)62(41-25-17-37(18-26-41)56(7,8)9)42-27-19-38(20-28-42)57(10,11)12/h13-33H,1-12H3. The van der Waals surface area contributed by atoms with Crippen LogP contribution in [0.2, 0.25) is 0 Å². The fourth-order valence-electron chi connectivity index (χ4n) is 8.57. The zero-order valence-corrected chi connectivity index (χ0v) is 39.2. The van der Waals surface area contributed by atoms with E-state index < -0.39 is 0 Å². The van der Waals surface area contributed by atoms with Gasteiger partial charge >= 0.3 is 0 Å². The molecular formula is C57H57N5O2. The summed E-state index contributed by atoms with van der Waals surface area (Å²) in [6.45, 7) is 26.7. The molecule has 0 atom stereocenters. The lowest BCUT2D eigenvalue weighted by Gasteiger charge is -2.27. The lowest BCUT2D eigenvalue weighted by molar-refractivity contribution is 0.590. The summed E-state index contributed by atoms with van der Waals surface area (Å²) >= 11 is 0. The van der Waals surface area contributed by atoms with Crippen molar-refractivity contribution < 1.29 is 8.83 Å². The van der Waals surface area contributed by atoms with E-state index in [9.17, 15) is 5.26 Å². The highest BCUT2D eigenvalue weighted by Gasteiger charge is 2.26. The third-order valence-electron chi connectivity index (χ3n) is 12.4. The highest BCUT2D eigenvalue weighted by molar-refractivity contribution is 6.19. The molecular weight excluding hydrogens is 787 g/mol. The second kappa shape index (κ2) is 15.1. The average Bonchev–Trinajstić information content (AvgIpc) is 3.79. The van der Waals surface area contributed by atoms with Gasteiger partial charge in [0.05, 0.1) is 5.56 Å². The maximum Gasteiger partial charge on any atom is 0.229 e. The molecule has 4 heterocycles. The van der Waals surface area contributed by atoms with Crippen molar-refractivity contribution in [1.82, 2.24) is 9.97 Å². The lowest BCUT2D eigenvalue weighted by Crippen LogP contribution is -2.15. The largest absolute Gasteiger partial charge is 0.437 e. The SMILES string of the molecule is CC(C)(C)c1ccc(N(c2ccc(C(C)(C)C)cc2)c2ccc3c(n2)oc2cc4oc5nc(N(c6ccc(C(C)(C)C)cc6)c6ccc(C(C)(C)C)cc6)ccc5c4c(C#N)c23)cc1. The van der Waals surface area contributed by atoms with Crippen LogP contribution in [0.25, 0.3) is 44.1 Å². The molecule has 0 saturated heterocycles. The van der Waals surface area contributed by atoms with E-state index in [2.05, 4.69) is 196 Å². The van der Waals surface area contributed by atoms with Gasteiger partial charge in [0.25, 0.3) is 0 Å². The molecule has 0 saturated carbocycles. The summed E-state index contributed by atoms with van der Waals surface area (Å²) in [6, 6.07) is 47.2. The Kier molecular flexibility index (Phi) is 10.0. The molecule has 0 aliphatic carbocycles. The van der Waals surface area contributed by atoms with E-state index in [-0.39, 0.29) is 21.7 Å². The second-order valence-corrected chi connectivity index (χ2v) is 21.2.